The molecule has 0 saturated carbocycles. The Hall–Kier alpha value is -3.35. The number of fused-ring (bicyclic) bond motifs is 2. The van der Waals surface area contributed by atoms with Crippen molar-refractivity contribution in [2.24, 2.45) is 0 Å². The molecule has 7 heteroatoms. The van der Waals surface area contributed by atoms with E-state index < -0.39 is 12.2 Å². The van der Waals surface area contributed by atoms with Crippen LogP contribution in [0.3, 0.4) is 0 Å². The predicted octanol–water partition coefficient (Wildman–Crippen LogP) is 2.11. The van der Waals surface area contributed by atoms with Crippen LogP contribution in [0.15, 0.2) is 53.3 Å². The molecule has 0 spiro atoms. The van der Waals surface area contributed by atoms with Gasteiger partial charge in [-0.05, 0) is 31.2 Å². The molecule has 27 heavy (non-hydrogen) atoms. The number of likely N-dealkylation sites (N-methyl/N-ethyl adjacent to an activating group) is 1. The van der Waals surface area contributed by atoms with Crippen molar-refractivity contribution in [2.75, 3.05) is 7.05 Å². The van der Waals surface area contributed by atoms with Gasteiger partial charge in [-0.25, -0.2) is 4.98 Å². The third-order valence-corrected chi connectivity index (χ3v) is 4.51. The lowest BCUT2D eigenvalue weighted by molar-refractivity contribution is -0.143. The fraction of sp³-hybridized carbons (Fsp3) is 0.250. The summed E-state index contributed by atoms with van der Waals surface area (Å²) in [6.45, 7) is 1.95. The van der Waals surface area contributed by atoms with Crippen LogP contribution in [0.1, 0.15) is 12.7 Å². The third kappa shape index (κ3) is 3.23. The van der Waals surface area contributed by atoms with Crippen LogP contribution in [-0.2, 0) is 11.3 Å². The first kappa shape index (κ1) is 17.1. The molecule has 1 aliphatic heterocycles. The van der Waals surface area contributed by atoms with E-state index >= 15 is 0 Å². The Kier molecular flexibility index (Phi) is 4.27. The zero-order valence-electron chi connectivity index (χ0n) is 15.0. The largest absolute Gasteiger partial charge is 0.482 e. The Bertz CT molecular complexity index is 1060. The van der Waals surface area contributed by atoms with Crippen LogP contribution < -0.4 is 15.0 Å². The highest BCUT2D eigenvalue weighted by Gasteiger charge is 2.36. The smallest absolute Gasteiger partial charge is 0.267 e. The Morgan fingerprint density at radius 2 is 1.78 bits per heavy atom. The van der Waals surface area contributed by atoms with Gasteiger partial charge >= 0.3 is 0 Å². The highest BCUT2D eigenvalue weighted by atomic mass is 16.6. The van der Waals surface area contributed by atoms with Gasteiger partial charge in [0.15, 0.2) is 11.5 Å². The molecular formula is C20H19N3O4. The number of ether oxygens (including phenoxy) is 2. The maximum absolute atomic E-state index is 12.9. The summed E-state index contributed by atoms with van der Waals surface area (Å²) in [5.41, 5.74) is 0.368. The average Bonchev–Trinajstić information content (AvgIpc) is 2.67. The quantitative estimate of drug-likeness (QED) is 0.768. The Balaban J connectivity index is 1.54. The standard InChI is InChI=1S/C20H19N3O4/c1-12-18(27-16-10-6-5-9-15(16)26-12)20(25)23(2)11-17-21-14-8-4-3-7-13(14)19(24)22-17/h3-10,12,18H,11H2,1-2H3,(H,21,22,24)/t12-,18+/m0/s1. The molecule has 7 nitrogen and oxygen atoms in total. The van der Waals surface area contributed by atoms with Crippen molar-refractivity contribution >= 4 is 16.8 Å². The molecule has 1 aromatic heterocycles. The lowest BCUT2D eigenvalue weighted by Gasteiger charge is -2.33. The van der Waals surface area contributed by atoms with Crippen LogP contribution in [0.2, 0.25) is 0 Å². The Labute approximate surface area is 155 Å². The van der Waals surface area contributed by atoms with Crippen molar-refractivity contribution in [1.29, 1.82) is 0 Å². The summed E-state index contributed by atoms with van der Waals surface area (Å²) in [4.78, 5) is 33.7. The number of benzene rings is 2. The van der Waals surface area contributed by atoms with Gasteiger partial charge in [0.1, 0.15) is 11.9 Å². The zero-order valence-corrected chi connectivity index (χ0v) is 15.0. The number of para-hydroxylation sites is 3. The topological polar surface area (TPSA) is 84.5 Å². The second-order valence-electron chi connectivity index (χ2n) is 6.53. The Morgan fingerprint density at radius 1 is 1.11 bits per heavy atom. The van der Waals surface area contributed by atoms with E-state index in [4.69, 9.17) is 9.47 Å². The molecule has 0 unspecified atom stereocenters. The second kappa shape index (κ2) is 6.75. The normalized spacial score (nSPS) is 18.3. The number of amides is 1. The maximum atomic E-state index is 12.9. The second-order valence-corrected chi connectivity index (χ2v) is 6.53. The number of nitrogens with zero attached hydrogens (tertiary/aromatic N) is 2. The summed E-state index contributed by atoms with van der Waals surface area (Å²) >= 11 is 0. The summed E-state index contributed by atoms with van der Waals surface area (Å²) in [7, 11) is 1.65. The minimum Gasteiger partial charge on any atom is -0.482 e. The molecule has 1 N–H and O–H groups in total. The Morgan fingerprint density at radius 3 is 2.56 bits per heavy atom. The number of rotatable bonds is 3. The number of carbonyl (C=O) groups excluding carboxylic acids is 1. The van der Waals surface area contributed by atoms with Crippen molar-refractivity contribution in [1.82, 2.24) is 14.9 Å². The van der Waals surface area contributed by atoms with Crippen LogP contribution in [0.4, 0.5) is 0 Å². The summed E-state index contributed by atoms with van der Waals surface area (Å²) in [5.74, 6) is 1.34. The first-order chi connectivity index (χ1) is 13.0. The van der Waals surface area contributed by atoms with E-state index in [1.54, 1.807) is 44.3 Å². The van der Waals surface area contributed by atoms with Gasteiger partial charge in [0.2, 0.25) is 6.10 Å². The minimum atomic E-state index is -0.767. The monoisotopic (exact) mass is 365 g/mol. The maximum Gasteiger partial charge on any atom is 0.267 e. The van der Waals surface area contributed by atoms with Gasteiger partial charge in [-0.1, -0.05) is 24.3 Å². The number of carbonyl (C=O) groups is 1. The van der Waals surface area contributed by atoms with Gasteiger partial charge in [0.25, 0.3) is 11.5 Å². The first-order valence-electron chi connectivity index (χ1n) is 8.68. The van der Waals surface area contributed by atoms with Crippen LogP contribution in [-0.4, -0.2) is 40.0 Å². The first-order valence-corrected chi connectivity index (χ1v) is 8.68. The molecule has 4 rings (SSSR count). The number of hydrogen-bond donors (Lipinski definition) is 1. The molecule has 3 aromatic rings. The molecule has 2 atom stereocenters. The molecule has 0 radical (unpaired) electrons. The van der Waals surface area contributed by atoms with Gasteiger partial charge < -0.3 is 19.4 Å². The van der Waals surface area contributed by atoms with E-state index in [2.05, 4.69) is 9.97 Å². The molecule has 0 aliphatic carbocycles. The van der Waals surface area contributed by atoms with Crippen molar-refractivity contribution in [3.05, 3.63) is 64.7 Å². The molecule has 1 amide bonds. The lowest BCUT2D eigenvalue weighted by atomic mass is 10.1. The fourth-order valence-corrected chi connectivity index (χ4v) is 3.12. The predicted molar refractivity (Wildman–Crippen MR) is 99.8 cm³/mol. The van der Waals surface area contributed by atoms with E-state index in [1.807, 2.05) is 18.2 Å². The van der Waals surface area contributed by atoms with E-state index in [0.717, 1.165) is 0 Å². The molecular weight excluding hydrogens is 346 g/mol. The third-order valence-electron chi connectivity index (χ3n) is 4.51. The molecule has 0 fully saturated rings. The SMILES string of the molecule is C[C@@H]1Oc2ccccc2O[C@H]1C(=O)N(C)Cc1nc2ccccc2c(=O)[nH]1. The summed E-state index contributed by atoms with van der Waals surface area (Å²) in [6, 6.07) is 14.3. The highest BCUT2D eigenvalue weighted by Crippen LogP contribution is 2.33. The van der Waals surface area contributed by atoms with Crippen LogP contribution in [0.5, 0.6) is 11.5 Å². The van der Waals surface area contributed by atoms with Crippen molar-refractivity contribution in [3.8, 4) is 11.5 Å². The van der Waals surface area contributed by atoms with E-state index in [9.17, 15) is 9.59 Å². The van der Waals surface area contributed by atoms with Crippen molar-refractivity contribution in [3.63, 3.8) is 0 Å². The highest BCUT2D eigenvalue weighted by molar-refractivity contribution is 5.82. The average molecular weight is 365 g/mol. The number of aromatic nitrogens is 2. The van der Waals surface area contributed by atoms with Crippen molar-refractivity contribution in [2.45, 2.75) is 25.7 Å². The van der Waals surface area contributed by atoms with E-state index in [-0.39, 0.29) is 18.0 Å². The molecule has 2 aromatic carbocycles. The molecule has 2 heterocycles. The van der Waals surface area contributed by atoms with Crippen molar-refractivity contribution < 1.29 is 14.3 Å². The number of nitrogens with one attached hydrogen (secondary N) is 1. The lowest BCUT2D eigenvalue weighted by Crippen LogP contribution is -2.49. The van der Waals surface area contributed by atoms with Gasteiger partial charge in [0.05, 0.1) is 17.4 Å². The number of hydrogen-bond acceptors (Lipinski definition) is 5. The van der Waals surface area contributed by atoms with E-state index in [1.165, 1.54) is 4.90 Å². The minimum absolute atomic E-state index is 0.160. The summed E-state index contributed by atoms with van der Waals surface area (Å²) in [6.07, 6.45) is -1.20. The molecule has 138 valence electrons. The molecule has 1 aliphatic rings. The molecule has 0 bridgehead atoms. The fourth-order valence-electron chi connectivity index (χ4n) is 3.12. The zero-order chi connectivity index (χ0) is 19.0. The van der Waals surface area contributed by atoms with Gasteiger partial charge in [-0.15, -0.1) is 0 Å². The molecule has 0 saturated heterocycles. The van der Waals surface area contributed by atoms with Gasteiger partial charge in [-0.3, -0.25) is 9.59 Å². The van der Waals surface area contributed by atoms with E-state index in [0.29, 0.717) is 28.2 Å². The number of H-pyrrole nitrogens is 1. The van der Waals surface area contributed by atoms with Gasteiger partial charge in [-0.2, -0.15) is 0 Å². The summed E-state index contributed by atoms with van der Waals surface area (Å²) < 4.78 is 11.6. The van der Waals surface area contributed by atoms with Crippen LogP contribution >= 0.6 is 0 Å². The summed E-state index contributed by atoms with van der Waals surface area (Å²) in [5, 5.41) is 0.518. The number of aromatic amines is 1. The van der Waals surface area contributed by atoms with Gasteiger partial charge in [0, 0.05) is 7.05 Å². The van der Waals surface area contributed by atoms with Crippen LogP contribution in [0, 0.1) is 0 Å². The van der Waals surface area contributed by atoms with Crippen LogP contribution in [0.25, 0.3) is 10.9 Å².